The van der Waals surface area contributed by atoms with E-state index in [1.165, 1.54) is 45.0 Å². The third-order valence-electron chi connectivity index (χ3n) is 7.38. The molecule has 2 aromatic heterocycles. The van der Waals surface area contributed by atoms with Crippen molar-refractivity contribution in [3.05, 3.63) is 99.0 Å². The van der Waals surface area contributed by atoms with Crippen molar-refractivity contribution >= 4 is 34.5 Å². The fourth-order valence-corrected chi connectivity index (χ4v) is 5.59. The fourth-order valence-electron chi connectivity index (χ4n) is 5.41. The van der Waals surface area contributed by atoms with Crippen LogP contribution in [0.3, 0.4) is 0 Å². The van der Waals surface area contributed by atoms with Gasteiger partial charge in [0.25, 0.3) is 5.91 Å². The Hall–Kier alpha value is -3.32. The molecule has 0 saturated carbocycles. The van der Waals surface area contributed by atoms with E-state index in [0.717, 1.165) is 48.5 Å². The molecular formula is C29H31ClN4O2. The SMILES string of the molecule is Cc1c[nH]c(C)c1CN(CCc1c[nH]c2cc(Cl)ccc12)C1CCc2cc(C=CC(=O)NO)ccc21. The van der Waals surface area contributed by atoms with Crippen LogP contribution in [0.1, 0.15) is 51.5 Å². The number of fused-ring (bicyclic) bond motifs is 2. The van der Waals surface area contributed by atoms with Crippen molar-refractivity contribution in [3.8, 4) is 0 Å². The van der Waals surface area contributed by atoms with Gasteiger partial charge in [-0.3, -0.25) is 14.9 Å². The largest absolute Gasteiger partial charge is 0.365 e. The van der Waals surface area contributed by atoms with Crippen LogP contribution in [0.2, 0.25) is 5.02 Å². The molecule has 4 aromatic rings. The van der Waals surface area contributed by atoms with Crippen LogP contribution in [-0.4, -0.2) is 32.5 Å². The lowest BCUT2D eigenvalue weighted by molar-refractivity contribution is -0.124. The van der Waals surface area contributed by atoms with Crippen LogP contribution in [0, 0.1) is 13.8 Å². The van der Waals surface area contributed by atoms with E-state index in [1.54, 1.807) is 11.6 Å². The number of aromatic nitrogens is 2. The second-order valence-corrected chi connectivity index (χ2v) is 10.1. The highest BCUT2D eigenvalue weighted by Gasteiger charge is 2.29. The van der Waals surface area contributed by atoms with Gasteiger partial charge in [0.15, 0.2) is 0 Å². The number of hydrogen-bond donors (Lipinski definition) is 4. The minimum absolute atomic E-state index is 0.326. The number of hydrogen-bond acceptors (Lipinski definition) is 3. The van der Waals surface area contributed by atoms with Gasteiger partial charge in [-0.25, -0.2) is 5.48 Å². The summed E-state index contributed by atoms with van der Waals surface area (Å²) in [6, 6.07) is 12.8. The second kappa shape index (κ2) is 10.3. The van der Waals surface area contributed by atoms with Crippen molar-refractivity contribution in [2.75, 3.05) is 6.54 Å². The zero-order valence-corrected chi connectivity index (χ0v) is 21.3. The van der Waals surface area contributed by atoms with Gasteiger partial charge >= 0.3 is 0 Å². The minimum Gasteiger partial charge on any atom is -0.365 e. The molecule has 7 heteroatoms. The van der Waals surface area contributed by atoms with E-state index in [-0.39, 0.29) is 0 Å². The summed E-state index contributed by atoms with van der Waals surface area (Å²) in [4.78, 5) is 20.7. The van der Waals surface area contributed by atoms with Crippen LogP contribution in [0.4, 0.5) is 0 Å². The number of H-pyrrole nitrogens is 2. The monoisotopic (exact) mass is 502 g/mol. The van der Waals surface area contributed by atoms with E-state index in [1.807, 2.05) is 18.2 Å². The molecule has 0 aliphatic heterocycles. The highest BCUT2D eigenvalue weighted by molar-refractivity contribution is 6.31. The predicted molar refractivity (Wildman–Crippen MR) is 144 cm³/mol. The molecule has 4 N–H and O–H groups in total. The molecule has 0 radical (unpaired) electrons. The average molecular weight is 503 g/mol. The average Bonchev–Trinajstić information content (AvgIpc) is 3.57. The van der Waals surface area contributed by atoms with Crippen molar-refractivity contribution in [1.29, 1.82) is 0 Å². The van der Waals surface area contributed by atoms with Gasteiger partial charge in [-0.1, -0.05) is 35.9 Å². The molecule has 0 spiro atoms. The number of nitrogens with one attached hydrogen (secondary N) is 3. The summed E-state index contributed by atoms with van der Waals surface area (Å²) in [5.74, 6) is -0.531. The van der Waals surface area contributed by atoms with Crippen LogP contribution >= 0.6 is 11.6 Å². The van der Waals surface area contributed by atoms with Crippen molar-refractivity contribution in [1.82, 2.24) is 20.3 Å². The van der Waals surface area contributed by atoms with E-state index < -0.39 is 5.91 Å². The molecular weight excluding hydrogens is 472 g/mol. The molecule has 186 valence electrons. The summed E-state index contributed by atoms with van der Waals surface area (Å²) < 4.78 is 0. The van der Waals surface area contributed by atoms with E-state index in [2.05, 4.69) is 59.3 Å². The molecule has 2 aromatic carbocycles. The number of nitrogens with zero attached hydrogens (tertiary/aromatic N) is 1. The van der Waals surface area contributed by atoms with Gasteiger partial charge in [-0.05, 0) is 84.7 Å². The van der Waals surface area contributed by atoms with Crippen LogP contribution in [0.25, 0.3) is 17.0 Å². The van der Waals surface area contributed by atoms with Gasteiger partial charge in [-0.15, -0.1) is 0 Å². The first kappa shape index (κ1) is 24.4. The third kappa shape index (κ3) is 4.98. The Balaban J connectivity index is 1.41. The normalized spacial score (nSPS) is 15.3. The van der Waals surface area contributed by atoms with Gasteiger partial charge in [0.2, 0.25) is 0 Å². The summed E-state index contributed by atoms with van der Waals surface area (Å²) in [6.45, 7) is 6.14. The van der Waals surface area contributed by atoms with Gasteiger partial charge in [0.1, 0.15) is 0 Å². The maximum absolute atomic E-state index is 11.4. The molecule has 0 saturated heterocycles. The second-order valence-electron chi connectivity index (χ2n) is 9.62. The molecule has 1 unspecified atom stereocenters. The molecule has 1 atom stereocenters. The number of aromatic amines is 2. The summed E-state index contributed by atoms with van der Waals surface area (Å²) in [6.07, 6.45) is 10.3. The van der Waals surface area contributed by atoms with Gasteiger partial charge in [-0.2, -0.15) is 0 Å². The topological polar surface area (TPSA) is 84.2 Å². The highest BCUT2D eigenvalue weighted by Crippen LogP contribution is 2.38. The Labute approximate surface area is 215 Å². The molecule has 1 aliphatic carbocycles. The lowest BCUT2D eigenvalue weighted by Crippen LogP contribution is -2.29. The Morgan fingerprint density at radius 1 is 1.19 bits per heavy atom. The predicted octanol–water partition coefficient (Wildman–Crippen LogP) is 6.02. The molecule has 0 bridgehead atoms. The molecule has 1 amide bonds. The first-order chi connectivity index (χ1) is 17.4. The first-order valence-electron chi connectivity index (χ1n) is 12.3. The maximum atomic E-state index is 11.4. The number of rotatable bonds is 8. The molecule has 2 heterocycles. The van der Waals surface area contributed by atoms with Gasteiger partial charge in [0, 0.05) is 59.2 Å². The Morgan fingerprint density at radius 3 is 2.83 bits per heavy atom. The number of hydroxylamine groups is 1. The Morgan fingerprint density at radius 2 is 2.06 bits per heavy atom. The number of aryl methyl sites for hydroxylation is 3. The van der Waals surface area contributed by atoms with Gasteiger partial charge in [0.05, 0.1) is 0 Å². The van der Waals surface area contributed by atoms with E-state index >= 15 is 0 Å². The van der Waals surface area contributed by atoms with Crippen LogP contribution in [0.5, 0.6) is 0 Å². The molecule has 6 nitrogen and oxygen atoms in total. The quantitative estimate of drug-likeness (QED) is 0.135. The zero-order valence-electron chi connectivity index (χ0n) is 20.6. The number of benzene rings is 2. The molecule has 0 fully saturated rings. The first-order valence-corrected chi connectivity index (χ1v) is 12.7. The smallest absolute Gasteiger partial charge is 0.267 e. The standard InChI is InChI=1S/C29H31ClN4O2/c1-18-15-31-19(2)26(18)17-34(12-11-22-16-32-27-14-23(30)6-8-24(22)27)28-9-5-21-13-20(3-7-25(21)28)4-10-29(35)33-36/h3-4,6-8,10,13-16,28,31-32,36H,5,9,11-12,17H2,1-2H3,(H,33,35). The maximum Gasteiger partial charge on any atom is 0.267 e. The van der Waals surface area contributed by atoms with E-state index in [4.69, 9.17) is 16.8 Å². The van der Waals surface area contributed by atoms with Crippen LogP contribution in [-0.2, 0) is 24.2 Å². The fraction of sp³-hybridized carbons (Fsp3) is 0.276. The highest BCUT2D eigenvalue weighted by atomic mass is 35.5. The van der Waals surface area contributed by atoms with Crippen molar-refractivity contribution in [2.24, 2.45) is 0 Å². The Kier molecular flexibility index (Phi) is 7.01. The minimum atomic E-state index is -0.531. The Bertz CT molecular complexity index is 1420. The van der Waals surface area contributed by atoms with E-state index in [9.17, 15) is 4.79 Å². The summed E-state index contributed by atoms with van der Waals surface area (Å²) >= 11 is 6.19. The molecule has 36 heavy (non-hydrogen) atoms. The van der Waals surface area contributed by atoms with Crippen LogP contribution in [0.15, 0.2) is 54.9 Å². The van der Waals surface area contributed by atoms with Crippen LogP contribution < -0.4 is 5.48 Å². The summed E-state index contributed by atoms with van der Waals surface area (Å²) in [5, 5.41) is 10.7. The lowest BCUT2D eigenvalue weighted by atomic mass is 10.0. The number of carbonyl (C=O) groups is 1. The number of carbonyl (C=O) groups excluding carboxylic acids is 1. The van der Waals surface area contributed by atoms with Gasteiger partial charge < -0.3 is 9.97 Å². The number of halogens is 1. The van der Waals surface area contributed by atoms with Crippen molar-refractivity contribution < 1.29 is 10.0 Å². The van der Waals surface area contributed by atoms with Crippen molar-refractivity contribution in [2.45, 2.75) is 45.7 Å². The lowest BCUT2D eigenvalue weighted by Gasteiger charge is -2.30. The third-order valence-corrected chi connectivity index (χ3v) is 7.62. The van der Waals surface area contributed by atoms with E-state index in [0.29, 0.717) is 6.04 Å². The summed E-state index contributed by atoms with van der Waals surface area (Å²) in [5.41, 5.74) is 11.5. The van der Waals surface area contributed by atoms with Crippen molar-refractivity contribution in [3.63, 3.8) is 0 Å². The summed E-state index contributed by atoms with van der Waals surface area (Å²) in [7, 11) is 0. The number of amides is 1. The molecule has 5 rings (SSSR count). The zero-order chi connectivity index (χ0) is 25.2. The molecule has 1 aliphatic rings.